The minimum absolute atomic E-state index is 0.0186. The summed E-state index contributed by atoms with van der Waals surface area (Å²) in [7, 11) is -2.54. The van der Waals surface area contributed by atoms with Crippen molar-refractivity contribution in [3.05, 3.63) is 28.3 Å². The highest BCUT2D eigenvalue weighted by Crippen LogP contribution is 2.55. The number of methoxy groups -OCH3 is 1. The number of ether oxygens (including phenoxy) is 1. The lowest BCUT2D eigenvalue weighted by molar-refractivity contribution is -0.384. The molecule has 1 N–H and O–H groups in total. The number of hydrogen-bond donors (Lipinski definition) is 1. The Bertz CT molecular complexity index is 941. The van der Waals surface area contributed by atoms with Crippen LogP contribution in [0.2, 0.25) is 0 Å². The predicted molar refractivity (Wildman–Crippen MR) is 111 cm³/mol. The lowest BCUT2D eigenvalue weighted by atomic mass is 9.53. The van der Waals surface area contributed by atoms with Gasteiger partial charge in [0.1, 0.15) is 18.0 Å². The molecule has 0 heterocycles. The van der Waals surface area contributed by atoms with Crippen molar-refractivity contribution in [3.8, 4) is 5.75 Å². The third-order valence-corrected chi connectivity index (χ3v) is 7.90. The highest BCUT2D eigenvalue weighted by atomic mass is 32.2. The SMILES string of the molecule is COc1ccc([N+](=O)[O-])cc1N(CC(=O)NC12CC3CC(CC(C3)C1)C2)S(C)(=O)=O. The van der Waals surface area contributed by atoms with E-state index in [1.165, 1.54) is 38.5 Å². The van der Waals surface area contributed by atoms with E-state index in [1.807, 2.05) is 0 Å². The van der Waals surface area contributed by atoms with Gasteiger partial charge in [0.2, 0.25) is 15.9 Å². The smallest absolute Gasteiger partial charge is 0.271 e. The Morgan fingerprint density at radius 2 is 1.80 bits per heavy atom. The molecule has 164 valence electrons. The van der Waals surface area contributed by atoms with Crippen molar-refractivity contribution < 1.29 is 22.9 Å². The van der Waals surface area contributed by atoms with E-state index >= 15 is 0 Å². The van der Waals surface area contributed by atoms with Crippen LogP contribution in [0.25, 0.3) is 0 Å². The molecule has 10 heteroatoms. The molecule has 5 rings (SSSR count). The van der Waals surface area contributed by atoms with Crippen LogP contribution in [0.3, 0.4) is 0 Å². The molecule has 1 amide bonds. The molecular formula is C20H27N3O6S. The fraction of sp³-hybridized carbons (Fsp3) is 0.650. The molecule has 4 saturated carbocycles. The molecule has 30 heavy (non-hydrogen) atoms. The van der Waals surface area contributed by atoms with E-state index in [0.29, 0.717) is 17.8 Å². The van der Waals surface area contributed by atoms with Gasteiger partial charge < -0.3 is 10.1 Å². The van der Waals surface area contributed by atoms with Gasteiger partial charge in [0.25, 0.3) is 5.69 Å². The number of non-ortho nitro benzene ring substituents is 1. The van der Waals surface area contributed by atoms with Crippen LogP contribution in [0.15, 0.2) is 18.2 Å². The number of rotatable bonds is 7. The number of nitro benzene ring substituents is 1. The maximum absolute atomic E-state index is 13.0. The molecule has 0 aromatic heterocycles. The normalized spacial score (nSPS) is 29.5. The summed E-state index contributed by atoms with van der Waals surface area (Å²) < 4.78 is 31.1. The summed E-state index contributed by atoms with van der Waals surface area (Å²) in [6, 6.07) is 3.69. The Balaban J connectivity index is 1.58. The fourth-order valence-electron chi connectivity index (χ4n) is 6.10. The van der Waals surface area contributed by atoms with Crippen LogP contribution in [-0.2, 0) is 14.8 Å². The molecule has 4 fully saturated rings. The molecule has 4 aliphatic rings. The van der Waals surface area contributed by atoms with E-state index in [-0.39, 0.29) is 22.7 Å². The Kier molecular flexibility index (Phi) is 5.16. The molecule has 0 saturated heterocycles. The third-order valence-electron chi connectivity index (χ3n) is 6.77. The number of benzene rings is 1. The number of amides is 1. The molecule has 1 aromatic rings. The average Bonchev–Trinajstić information content (AvgIpc) is 2.63. The summed E-state index contributed by atoms with van der Waals surface area (Å²) in [6.45, 7) is -0.446. The first kappa shape index (κ1) is 20.9. The summed E-state index contributed by atoms with van der Waals surface area (Å²) in [5.41, 5.74) is -0.544. The molecule has 0 atom stereocenters. The second kappa shape index (κ2) is 7.40. The summed E-state index contributed by atoms with van der Waals surface area (Å²) in [4.78, 5) is 23.6. The van der Waals surface area contributed by atoms with Crippen molar-refractivity contribution in [2.24, 2.45) is 17.8 Å². The minimum Gasteiger partial charge on any atom is -0.495 e. The monoisotopic (exact) mass is 437 g/mol. The zero-order valence-electron chi connectivity index (χ0n) is 17.2. The van der Waals surface area contributed by atoms with Crippen LogP contribution in [0, 0.1) is 27.9 Å². The van der Waals surface area contributed by atoms with Crippen LogP contribution in [0.5, 0.6) is 5.75 Å². The Hall–Kier alpha value is -2.36. The molecule has 4 aliphatic carbocycles. The molecule has 0 radical (unpaired) electrons. The Morgan fingerprint density at radius 1 is 1.23 bits per heavy atom. The standard InChI is InChI=1S/C20H27N3O6S/c1-29-18-4-3-16(23(25)26)8-17(18)22(30(2,27)28)12-19(24)21-20-9-13-5-14(10-20)7-15(6-13)11-20/h3-4,8,13-15H,5-7,9-12H2,1-2H3,(H,21,24). The highest BCUT2D eigenvalue weighted by molar-refractivity contribution is 7.92. The minimum atomic E-state index is -3.88. The van der Waals surface area contributed by atoms with E-state index in [0.717, 1.165) is 35.9 Å². The second-order valence-corrected chi connectivity index (χ2v) is 11.0. The topological polar surface area (TPSA) is 119 Å². The molecular weight excluding hydrogens is 410 g/mol. The van der Waals surface area contributed by atoms with Gasteiger partial charge in [-0.25, -0.2) is 8.42 Å². The maximum Gasteiger partial charge on any atom is 0.271 e. The van der Waals surface area contributed by atoms with Crippen molar-refractivity contribution in [3.63, 3.8) is 0 Å². The average molecular weight is 438 g/mol. The second-order valence-electron chi connectivity index (χ2n) is 9.13. The fourth-order valence-corrected chi connectivity index (χ4v) is 6.95. The quantitative estimate of drug-likeness (QED) is 0.517. The van der Waals surface area contributed by atoms with Crippen LogP contribution >= 0.6 is 0 Å². The van der Waals surface area contributed by atoms with Gasteiger partial charge in [-0.3, -0.25) is 19.2 Å². The van der Waals surface area contributed by atoms with Crippen molar-refractivity contribution in [1.29, 1.82) is 0 Å². The predicted octanol–water partition coefficient (Wildman–Crippen LogP) is 2.45. The van der Waals surface area contributed by atoms with Crippen LogP contribution in [-0.4, -0.2) is 44.7 Å². The number of carbonyl (C=O) groups is 1. The van der Waals surface area contributed by atoms with E-state index in [2.05, 4.69) is 5.32 Å². The highest BCUT2D eigenvalue weighted by Gasteiger charge is 2.51. The van der Waals surface area contributed by atoms with Gasteiger partial charge in [0.15, 0.2) is 0 Å². The van der Waals surface area contributed by atoms with Gasteiger partial charge in [-0.05, 0) is 62.3 Å². The lowest BCUT2D eigenvalue weighted by Gasteiger charge is -2.57. The number of nitrogens with one attached hydrogen (secondary N) is 1. The van der Waals surface area contributed by atoms with E-state index in [4.69, 9.17) is 4.74 Å². The van der Waals surface area contributed by atoms with Crippen molar-refractivity contribution in [1.82, 2.24) is 5.32 Å². The molecule has 4 bridgehead atoms. The van der Waals surface area contributed by atoms with E-state index in [1.54, 1.807) is 0 Å². The number of hydrogen-bond acceptors (Lipinski definition) is 6. The number of sulfonamides is 1. The maximum atomic E-state index is 13.0. The largest absolute Gasteiger partial charge is 0.495 e. The molecule has 9 nitrogen and oxygen atoms in total. The van der Waals surface area contributed by atoms with Crippen molar-refractivity contribution in [2.45, 2.75) is 44.1 Å². The first-order valence-corrected chi connectivity index (χ1v) is 12.0. The van der Waals surface area contributed by atoms with Crippen molar-refractivity contribution in [2.75, 3.05) is 24.2 Å². The number of nitro groups is 1. The third kappa shape index (κ3) is 3.97. The number of carbonyl (C=O) groups excluding carboxylic acids is 1. The first-order valence-electron chi connectivity index (χ1n) is 10.2. The van der Waals surface area contributed by atoms with Crippen molar-refractivity contribution >= 4 is 27.3 Å². The van der Waals surface area contributed by atoms with Gasteiger partial charge in [0, 0.05) is 17.7 Å². The van der Waals surface area contributed by atoms with Gasteiger partial charge in [-0.15, -0.1) is 0 Å². The summed E-state index contributed by atoms with van der Waals surface area (Å²) >= 11 is 0. The lowest BCUT2D eigenvalue weighted by Crippen LogP contribution is -2.61. The van der Waals surface area contributed by atoms with Gasteiger partial charge in [0.05, 0.1) is 18.3 Å². The number of anilines is 1. The van der Waals surface area contributed by atoms with Gasteiger partial charge in [-0.2, -0.15) is 0 Å². The molecule has 1 aromatic carbocycles. The number of nitrogens with zero attached hydrogens (tertiary/aromatic N) is 2. The Labute approximate surface area is 176 Å². The van der Waals surface area contributed by atoms with Gasteiger partial charge >= 0.3 is 0 Å². The zero-order valence-corrected chi connectivity index (χ0v) is 18.0. The molecule has 0 unspecified atom stereocenters. The zero-order chi connectivity index (χ0) is 21.7. The van der Waals surface area contributed by atoms with Crippen LogP contribution in [0.1, 0.15) is 38.5 Å². The molecule has 0 aliphatic heterocycles. The van der Waals surface area contributed by atoms with Crippen LogP contribution < -0.4 is 14.4 Å². The van der Waals surface area contributed by atoms with Gasteiger partial charge in [-0.1, -0.05) is 0 Å². The summed E-state index contributed by atoms with van der Waals surface area (Å²) in [6.07, 6.45) is 7.51. The van der Waals surface area contributed by atoms with Crippen LogP contribution in [0.4, 0.5) is 11.4 Å². The van der Waals surface area contributed by atoms with E-state index < -0.39 is 27.4 Å². The summed E-state index contributed by atoms with van der Waals surface area (Å²) in [5.74, 6) is 1.67. The molecule has 0 spiro atoms. The summed E-state index contributed by atoms with van der Waals surface area (Å²) in [5, 5.41) is 14.3. The van der Waals surface area contributed by atoms with E-state index in [9.17, 15) is 23.3 Å². The first-order chi connectivity index (χ1) is 14.1. The Morgan fingerprint density at radius 3 is 2.27 bits per heavy atom.